The first kappa shape index (κ1) is 14.7. The molecule has 1 aromatic heterocycles. The van der Waals surface area contributed by atoms with E-state index in [9.17, 15) is 0 Å². The number of methoxy groups -OCH3 is 1. The van der Waals surface area contributed by atoms with Gasteiger partial charge in [-0.15, -0.1) is 5.10 Å². The minimum Gasteiger partial charge on any atom is -0.383 e. The Balaban J connectivity index is 1.98. The second-order valence-electron chi connectivity index (χ2n) is 5.12. The summed E-state index contributed by atoms with van der Waals surface area (Å²) in [6.07, 6.45) is 2.72. The van der Waals surface area contributed by atoms with Crippen LogP contribution >= 0.6 is 11.5 Å². The van der Waals surface area contributed by atoms with Crippen molar-refractivity contribution in [3.8, 4) is 0 Å². The van der Waals surface area contributed by atoms with E-state index in [2.05, 4.69) is 33.7 Å². The van der Waals surface area contributed by atoms with Crippen molar-refractivity contribution in [1.29, 1.82) is 0 Å². The maximum atomic E-state index is 5.23. The third-order valence-electron chi connectivity index (χ3n) is 3.71. The number of anilines is 1. The first-order valence-electron chi connectivity index (χ1n) is 7.04. The molecule has 1 fully saturated rings. The summed E-state index contributed by atoms with van der Waals surface area (Å²) in [4.78, 5) is 2.47. The third kappa shape index (κ3) is 4.12. The smallest absolute Gasteiger partial charge is 0.134 e. The number of rotatable bonds is 9. The molecule has 108 valence electrons. The van der Waals surface area contributed by atoms with Crippen molar-refractivity contribution in [2.45, 2.75) is 39.3 Å². The van der Waals surface area contributed by atoms with Gasteiger partial charge in [-0.05, 0) is 32.6 Å². The molecular weight excluding hydrogens is 260 g/mol. The number of aromatic nitrogens is 2. The minimum absolute atomic E-state index is 0.603. The Morgan fingerprint density at radius 2 is 2.32 bits per heavy atom. The molecule has 1 N–H and O–H groups in total. The lowest BCUT2D eigenvalue weighted by Gasteiger charge is -2.28. The molecule has 0 radical (unpaired) electrons. The zero-order chi connectivity index (χ0) is 13.7. The van der Waals surface area contributed by atoms with E-state index >= 15 is 0 Å². The summed E-state index contributed by atoms with van der Waals surface area (Å²) in [5.41, 5.74) is 1.07. The van der Waals surface area contributed by atoms with E-state index < -0.39 is 0 Å². The molecule has 1 saturated carbocycles. The van der Waals surface area contributed by atoms with Crippen molar-refractivity contribution < 1.29 is 4.74 Å². The van der Waals surface area contributed by atoms with Gasteiger partial charge in [-0.1, -0.05) is 4.49 Å². The van der Waals surface area contributed by atoms with Crippen LogP contribution in [0.3, 0.4) is 0 Å². The third-order valence-corrected chi connectivity index (χ3v) is 4.43. The number of ether oxygens (including phenoxy) is 1. The van der Waals surface area contributed by atoms with Crippen LogP contribution in [-0.2, 0) is 11.3 Å². The molecule has 1 atom stereocenters. The molecule has 1 aliphatic carbocycles. The first-order chi connectivity index (χ1) is 9.26. The fourth-order valence-electron chi connectivity index (χ4n) is 2.31. The van der Waals surface area contributed by atoms with E-state index in [-0.39, 0.29) is 0 Å². The zero-order valence-electron chi connectivity index (χ0n) is 12.1. The lowest BCUT2D eigenvalue weighted by molar-refractivity contribution is 0.111. The standard InChI is InChI=1S/C13H24N4OS/c1-4-14-13-12(15-16-19-13)9-17(7-8-18-3)10(2)11-5-6-11/h10-11,14H,4-9H2,1-3H3. The monoisotopic (exact) mass is 284 g/mol. The van der Waals surface area contributed by atoms with Crippen LogP contribution in [0.15, 0.2) is 0 Å². The summed E-state index contributed by atoms with van der Waals surface area (Å²) in [6.45, 7) is 7.91. The van der Waals surface area contributed by atoms with E-state index in [1.54, 1.807) is 7.11 Å². The van der Waals surface area contributed by atoms with Gasteiger partial charge in [0.25, 0.3) is 0 Å². The largest absolute Gasteiger partial charge is 0.383 e. The highest BCUT2D eigenvalue weighted by Gasteiger charge is 2.32. The Labute approximate surface area is 119 Å². The van der Waals surface area contributed by atoms with Crippen molar-refractivity contribution in [3.63, 3.8) is 0 Å². The molecule has 0 amide bonds. The van der Waals surface area contributed by atoms with Gasteiger partial charge in [0.1, 0.15) is 10.7 Å². The van der Waals surface area contributed by atoms with E-state index in [0.29, 0.717) is 6.04 Å². The molecule has 1 aliphatic rings. The van der Waals surface area contributed by atoms with Crippen molar-refractivity contribution in [2.75, 3.05) is 32.1 Å². The number of nitrogens with one attached hydrogen (secondary N) is 1. The van der Waals surface area contributed by atoms with Crippen LogP contribution in [0.2, 0.25) is 0 Å². The highest BCUT2D eigenvalue weighted by molar-refractivity contribution is 7.10. The molecule has 1 heterocycles. The molecule has 0 saturated heterocycles. The molecule has 19 heavy (non-hydrogen) atoms. The normalized spacial score (nSPS) is 16.8. The van der Waals surface area contributed by atoms with Crippen LogP contribution in [0.4, 0.5) is 5.00 Å². The molecule has 0 aromatic carbocycles. The Morgan fingerprint density at radius 1 is 1.53 bits per heavy atom. The zero-order valence-corrected chi connectivity index (χ0v) is 12.9. The molecule has 6 heteroatoms. The first-order valence-corrected chi connectivity index (χ1v) is 7.81. The topological polar surface area (TPSA) is 50.3 Å². The second-order valence-corrected chi connectivity index (χ2v) is 5.87. The molecule has 2 rings (SSSR count). The maximum Gasteiger partial charge on any atom is 0.134 e. The fraction of sp³-hybridized carbons (Fsp3) is 0.846. The van der Waals surface area contributed by atoms with Crippen LogP contribution in [0, 0.1) is 5.92 Å². The quantitative estimate of drug-likeness (QED) is 0.753. The van der Waals surface area contributed by atoms with Gasteiger partial charge in [0.15, 0.2) is 0 Å². The number of hydrogen-bond donors (Lipinski definition) is 1. The van der Waals surface area contributed by atoms with Crippen LogP contribution < -0.4 is 5.32 Å². The Hall–Kier alpha value is -0.720. The van der Waals surface area contributed by atoms with Gasteiger partial charge in [0, 0.05) is 44.3 Å². The predicted molar refractivity (Wildman–Crippen MR) is 78.5 cm³/mol. The fourth-order valence-corrected chi connectivity index (χ4v) is 2.95. The second kappa shape index (κ2) is 7.17. The van der Waals surface area contributed by atoms with Crippen molar-refractivity contribution in [1.82, 2.24) is 14.5 Å². The van der Waals surface area contributed by atoms with Gasteiger partial charge in [0.05, 0.1) is 6.61 Å². The highest BCUT2D eigenvalue weighted by atomic mass is 32.1. The molecule has 1 aromatic rings. The van der Waals surface area contributed by atoms with Crippen molar-refractivity contribution in [3.05, 3.63) is 5.69 Å². The number of hydrogen-bond acceptors (Lipinski definition) is 6. The molecule has 0 aliphatic heterocycles. The van der Waals surface area contributed by atoms with Gasteiger partial charge >= 0.3 is 0 Å². The maximum absolute atomic E-state index is 5.23. The molecule has 0 spiro atoms. The van der Waals surface area contributed by atoms with Gasteiger partial charge in [-0.2, -0.15) is 0 Å². The summed E-state index contributed by atoms with van der Waals surface area (Å²) in [5.74, 6) is 0.853. The summed E-state index contributed by atoms with van der Waals surface area (Å²) in [7, 11) is 1.76. The lowest BCUT2D eigenvalue weighted by Crippen LogP contribution is -2.37. The molecular formula is C13H24N4OS. The number of nitrogens with zero attached hydrogens (tertiary/aromatic N) is 3. The summed E-state index contributed by atoms with van der Waals surface area (Å²) in [5, 5.41) is 8.71. The predicted octanol–water partition coefficient (Wildman–Crippen LogP) is 2.22. The van der Waals surface area contributed by atoms with E-state index in [0.717, 1.165) is 42.9 Å². The van der Waals surface area contributed by atoms with Gasteiger partial charge < -0.3 is 10.1 Å². The average Bonchev–Trinajstić information content (AvgIpc) is 3.17. The Morgan fingerprint density at radius 3 is 2.95 bits per heavy atom. The van der Waals surface area contributed by atoms with Crippen LogP contribution in [0.25, 0.3) is 0 Å². The van der Waals surface area contributed by atoms with Crippen LogP contribution in [0.5, 0.6) is 0 Å². The average molecular weight is 284 g/mol. The minimum atomic E-state index is 0.603. The van der Waals surface area contributed by atoms with E-state index in [1.165, 1.54) is 24.4 Å². The van der Waals surface area contributed by atoms with Crippen molar-refractivity contribution >= 4 is 16.5 Å². The summed E-state index contributed by atoms with van der Waals surface area (Å²) < 4.78 is 9.29. The molecule has 5 nitrogen and oxygen atoms in total. The van der Waals surface area contributed by atoms with Gasteiger partial charge in [-0.25, -0.2) is 0 Å². The Bertz CT molecular complexity index is 380. The molecule has 1 unspecified atom stereocenters. The summed E-state index contributed by atoms with van der Waals surface area (Å²) in [6, 6.07) is 0.603. The van der Waals surface area contributed by atoms with Crippen LogP contribution in [0.1, 0.15) is 32.4 Å². The van der Waals surface area contributed by atoms with Gasteiger partial charge in [0.2, 0.25) is 0 Å². The van der Waals surface area contributed by atoms with E-state index in [1.807, 2.05) is 0 Å². The Kier molecular flexibility index (Phi) is 5.54. The molecule has 0 bridgehead atoms. The SMILES string of the molecule is CCNc1snnc1CN(CCOC)C(C)C1CC1. The summed E-state index contributed by atoms with van der Waals surface area (Å²) >= 11 is 1.45. The van der Waals surface area contributed by atoms with Crippen molar-refractivity contribution in [2.24, 2.45) is 5.92 Å². The van der Waals surface area contributed by atoms with E-state index in [4.69, 9.17) is 4.74 Å². The highest BCUT2D eigenvalue weighted by Crippen LogP contribution is 2.36. The lowest BCUT2D eigenvalue weighted by atomic mass is 10.1. The van der Waals surface area contributed by atoms with Crippen LogP contribution in [-0.4, -0.2) is 47.3 Å². The van der Waals surface area contributed by atoms with Gasteiger partial charge in [-0.3, -0.25) is 4.90 Å².